The number of methoxy groups -OCH3 is 1. The van der Waals surface area contributed by atoms with E-state index in [4.69, 9.17) is 9.47 Å². The van der Waals surface area contributed by atoms with E-state index in [0.29, 0.717) is 12.3 Å². The molecule has 1 amide bonds. The number of quaternary nitrogens is 1. The lowest BCUT2D eigenvalue weighted by Gasteiger charge is -2.34. The molecule has 0 bridgehead atoms. The molecule has 7 nitrogen and oxygen atoms in total. The molecule has 1 aliphatic rings. The number of amides is 1. The molecule has 156 valence electrons. The molecule has 0 aliphatic carbocycles. The Balaban J connectivity index is 1.39. The summed E-state index contributed by atoms with van der Waals surface area (Å²) >= 11 is 0. The summed E-state index contributed by atoms with van der Waals surface area (Å²) in [4.78, 5) is 14.8. The Bertz CT molecular complexity index is 772. The maximum absolute atomic E-state index is 11.0. The molecule has 1 fully saturated rings. The van der Waals surface area contributed by atoms with E-state index < -0.39 is 6.10 Å². The summed E-state index contributed by atoms with van der Waals surface area (Å²) in [5.41, 5.74) is 1.93. The summed E-state index contributed by atoms with van der Waals surface area (Å²) < 4.78 is 10.9. The second-order valence-corrected chi connectivity index (χ2v) is 7.31. The molecule has 1 heterocycles. The van der Waals surface area contributed by atoms with Gasteiger partial charge < -0.3 is 29.7 Å². The Morgan fingerprint density at radius 1 is 1.10 bits per heavy atom. The second-order valence-electron chi connectivity index (χ2n) is 7.31. The third-order valence-corrected chi connectivity index (χ3v) is 5.05. The molecule has 0 saturated carbocycles. The average molecular weight is 400 g/mol. The van der Waals surface area contributed by atoms with Gasteiger partial charge in [-0.15, -0.1) is 0 Å². The van der Waals surface area contributed by atoms with Crippen LogP contribution < -0.4 is 24.6 Å². The number of nitrogens with one attached hydrogen (secondary N) is 2. The van der Waals surface area contributed by atoms with Gasteiger partial charge in [0.25, 0.3) is 0 Å². The highest BCUT2D eigenvalue weighted by Crippen LogP contribution is 2.19. The van der Waals surface area contributed by atoms with Gasteiger partial charge in [-0.25, -0.2) is 0 Å². The van der Waals surface area contributed by atoms with Crippen molar-refractivity contribution in [3.63, 3.8) is 0 Å². The molecule has 2 aromatic rings. The Kier molecular flexibility index (Phi) is 7.32. The summed E-state index contributed by atoms with van der Waals surface area (Å²) in [6.07, 6.45) is -0.521. The van der Waals surface area contributed by atoms with E-state index in [0.717, 1.165) is 37.6 Å². The van der Waals surface area contributed by atoms with Crippen LogP contribution in [0.15, 0.2) is 48.5 Å². The van der Waals surface area contributed by atoms with Gasteiger partial charge in [0.05, 0.1) is 33.3 Å². The zero-order valence-corrected chi connectivity index (χ0v) is 17.1. The van der Waals surface area contributed by atoms with E-state index in [9.17, 15) is 9.90 Å². The number of aliphatic hydroxyl groups is 1. The van der Waals surface area contributed by atoms with Crippen molar-refractivity contribution in [3.05, 3.63) is 48.5 Å². The third kappa shape index (κ3) is 6.37. The SMILES string of the molecule is COc1ccc(N2CC[NH+](C[C@@H](O)COc3ccc(NC(C)=O)cc3)CC2)cc1. The zero-order valence-electron chi connectivity index (χ0n) is 17.1. The van der Waals surface area contributed by atoms with E-state index in [-0.39, 0.29) is 12.5 Å². The van der Waals surface area contributed by atoms with E-state index in [1.807, 2.05) is 12.1 Å². The molecule has 1 atom stereocenters. The van der Waals surface area contributed by atoms with Crippen molar-refractivity contribution in [2.75, 3.05) is 56.7 Å². The van der Waals surface area contributed by atoms with Crippen LogP contribution in [0, 0.1) is 0 Å². The van der Waals surface area contributed by atoms with Crippen LogP contribution in [0.2, 0.25) is 0 Å². The van der Waals surface area contributed by atoms with Crippen LogP contribution in [0.3, 0.4) is 0 Å². The predicted octanol–water partition coefficient (Wildman–Crippen LogP) is 0.798. The lowest BCUT2D eigenvalue weighted by Crippen LogP contribution is -3.16. The molecule has 1 saturated heterocycles. The van der Waals surface area contributed by atoms with Crippen molar-refractivity contribution < 1.29 is 24.3 Å². The van der Waals surface area contributed by atoms with E-state index in [1.54, 1.807) is 31.4 Å². The molecule has 3 N–H and O–H groups in total. The van der Waals surface area contributed by atoms with Crippen molar-refractivity contribution in [2.24, 2.45) is 0 Å². The number of carbonyl (C=O) groups is 1. The first-order chi connectivity index (χ1) is 14.0. The smallest absolute Gasteiger partial charge is 0.221 e. The maximum atomic E-state index is 11.0. The molecule has 3 rings (SSSR count). The average Bonchev–Trinajstić information content (AvgIpc) is 2.73. The number of nitrogens with zero attached hydrogens (tertiary/aromatic N) is 1. The molecule has 2 aromatic carbocycles. The molecular formula is C22H30N3O4+. The summed E-state index contributed by atoms with van der Waals surface area (Å²) in [5.74, 6) is 1.44. The Morgan fingerprint density at radius 2 is 1.72 bits per heavy atom. The molecule has 7 heteroatoms. The molecule has 0 spiro atoms. The predicted molar refractivity (Wildman–Crippen MR) is 113 cm³/mol. The van der Waals surface area contributed by atoms with Gasteiger partial charge in [0.2, 0.25) is 5.91 Å². The fourth-order valence-electron chi connectivity index (χ4n) is 3.50. The van der Waals surface area contributed by atoms with Gasteiger partial charge >= 0.3 is 0 Å². The Labute approximate surface area is 171 Å². The number of anilines is 2. The highest BCUT2D eigenvalue weighted by Gasteiger charge is 2.23. The molecule has 0 aromatic heterocycles. The fraction of sp³-hybridized carbons (Fsp3) is 0.409. The summed E-state index contributed by atoms with van der Waals surface area (Å²) in [7, 11) is 1.67. The topological polar surface area (TPSA) is 75.5 Å². The quantitative estimate of drug-likeness (QED) is 0.611. The standard InChI is InChI=1S/C22H29N3O4/c1-17(26)23-18-3-7-22(8-4-18)29-16-20(27)15-24-11-13-25(14-12-24)19-5-9-21(28-2)10-6-19/h3-10,20,27H,11-16H2,1-2H3,(H,23,26)/p+1/t20-/m1/s1. The minimum Gasteiger partial charge on any atom is -0.497 e. The number of hydrogen-bond acceptors (Lipinski definition) is 5. The van der Waals surface area contributed by atoms with Crippen LogP contribution >= 0.6 is 0 Å². The first kappa shape index (κ1) is 21.0. The van der Waals surface area contributed by atoms with Crippen LogP contribution in [-0.2, 0) is 4.79 Å². The molecule has 1 aliphatic heterocycles. The second kappa shape index (κ2) is 10.1. The Morgan fingerprint density at radius 3 is 2.31 bits per heavy atom. The first-order valence-corrected chi connectivity index (χ1v) is 9.94. The van der Waals surface area contributed by atoms with Crippen molar-refractivity contribution in [1.29, 1.82) is 0 Å². The zero-order chi connectivity index (χ0) is 20.6. The third-order valence-electron chi connectivity index (χ3n) is 5.05. The highest BCUT2D eigenvalue weighted by molar-refractivity contribution is 5.88. The molecule has 0 unspecified atom stereocenters. The first-order valence-electron chi connectivity index (χ1n) is 9.94. The van der Waals surface area contributed by atoms with Crippen LogP contribution in [0.4, 0.5) is 11.4 Å². The summed E-state index contributed by atoms with van der Waals surface area (Å²) in [6.45, 7) is 6.27. The minimum absolute atomic E-state index is 0.107. The number of carbonyl (C=O) groups excluding carboxylic acids is 1. The number of benzene rings is 2. The summed E-state index contributed by atoms with van der Waals surface area (Å²) in [5, 5.41) is 13.1. The van der Waals surface area contributed by atoms with Gasteiger partial charge in [-0.05, 0) is 48.5 Å². The number of hydrogen-bond donors (Lipinski definition) is 3. The maximum Gasteiger partial charge on any atom is 0.221 e. The van der Waals surface area contributed by atoms with Gasteiger partial charge in [-0.1, -0.05) is 0 Å². The lowest BCUT2D eigenvalue weighted by atomic mass is 10.2. The number of piperazine rings is 1. The lowest BCUT2D eigenvalue weighted by molar-refractivity contribution is -0.903. The number of aliphatic hydroxyl groups excluding tert-OH is 1. The van der Waals surface area contributed by atoms with E-state index in [1.165, 1.54) is 17.5 Å². The van der Waals surface area contributed by atoms with Crippen molar-refractivity contribution in [3.8, 4) is 11.5 Å². The van der Waals surface area contributed by atoms with Gasteiger partial charge in [0, 0.05) is 18.3 Å². The normalized spacial score (nSPS) is 15.6. The van der Waals surface area contributed by atoms with Gasteiger partial charge in [0.1, 0.15) is 30.8 Å². The van der Waals surface area contributed by atoms with Crippen molar-refractivity contribution >= 4 is 17.3 Å². The van der Waals surface area contributed by atoms with E-state index >= 15 is 0 Å². The monoisotopic (exact) mass is 400 g/mol. The van der Waals surface area contributed by atoms with Crippen molar-refractivity contribution in [2.45, 2.75) is 13.0 Å². The Hall–Kier alpha value is -2.77. The van der Waals surface area contributed by atoms with Crippen LogP contribution in [0.1, 0.15) is 6.92 Å². The molecule has 0 radical (unpaired) electrons. The minimum atomic E-state index is -0.521. The van der Waals surface area contributed by atoms with Crippen LogP contribution in [0.5, 0.6) is 11.5 Å². The number of ether oxygens (including phenoxy) is 2. The van der Waals surface area contributed by atoms with Crippen LogP contribution in [0.25, 0.3) is 0 Å². The van der Waals surface area contributed by atoms with Gasteiger partial charge in [0.15, 0.2) is 0 Å². The largest absolute Gasteiger partial charge is 0.497 e. The van der Waals surface area contributed by atoms with Crippen LogP contribution in [-0.4, -0.2) is 63.6 Å². The summed E-state index contributed by atoms with van der Waals surface area (Å²) in [6, 6.07) is 15.3. The fourth-order valence-corrected chi connectivity index (χ4v) is 3.50. The molecular weight excluding hydrogens is 370 g/mol. The van der Waals surface area contributed by atoms with Gasteiger partial charge in [-0.2, -0.15) is 0 Å². The van der Waals surface area contributed by atoms with Gasteiger partial charge in [-0.3, -0.25) is 4.79 Å². The molecule has 29 heavy (non-hydrogen) atoms. The number of rotatable bonds is 8. The highest BCUT2D eigenvalue weighted by atomic mass is 16.5. The van der Waals surface area contributed by atoms with Crippen molar-refractivity contribution in [1.82, 2.24) is 0 Å². The van der Waals surface area contributed by atoms with E-state index in [2.05, 4.69) is 22.3 Å².